The average Bonchev–Trinajstić information content (AvgIpc) is 2.76. The lowest BCUT2D eigenvalue weighted by atomic mass is 9.87. The first kappa shape index (κ1) is 14.6. The maximum Gasteiger partial charge on any atom is 0.157 e. The summed E-state index contributed by atoms with van der Waals surface area (Å²) < 4.78 is 28.8. The molecule has 0 saturated heterocycles. The molecule has 0 fully saturated rings. The quantitative estimate of drug-likeness (QED) is 0.671. The lowest BCUT2D eigenvalue weighted by Crippen LogP contribution is -2.14. The molecule has 0 saturated carbocycles. The van der Waals surface area contributed by atoms with E-state index in [0.29, 0.717) is 5.69 Å². The van der Waals surface area contributed by atoms with Gasteiger partial charge in [0, 0.05) is 17.2 Å². The molecule has 0 unspecified atom stereocenters. The summed E-state index contributed by atoms with van der Waals surface area (Å²) in [5, 5.41) is 4.42. The molecule has 1 aromatic carbocycles. The van der Waals surface area contributed by atoms with E-state index in [1.54, 1.807) is 10.7 Å². The molecular formula is C17H17F2N3. The number of halogens is 2. The van der Waals surface area contributed by atoms with Gasteiger partial charge in [0.15, 0.2) is 5.65 Å². The zero-order chi connectivity index (χ0) is 16.1. The van der Waals surface area contributed by atoms with Gasteiger partial charge in [-0.15, -0.1) is 0 Å². The van der Waals surface area contributed by atoms with Gasteiger partial charge in [0.2, 0.25) is 0 Å². The molecule has 0 amide bonds. The molecular weight excluding hydrogens is 284 g/mol. The Hall–Kier alpha value is -2.30. The number of nitrogens with zero attached hydrogens (tertiary/aromatic N) is 3. The van der Waals surface area contributed by atoms with E-state index in [-0.39, 0.29) is 11.0 Å². The predicted molar refractivity (Wildman–Crippen MR) is 81.8 cm³/mol. The van der Waals surface area contributed by atoms with Crippen molar-refractivity contribution in [1.29, 1.82) is 0 Å². The van der Waals surface area contributed by atoms with E-state index in [1.807, 2.05) is 13.0 Å². The number of benzene rings is 1. The van der Waals surface area contributed by atoms with Crippen LogP contribution >= 0.6 is 0 Å². The first-order valence-electron chi connectivity index (χ1n) is 7.08. The SMILES string of the molecule is Cc1cn2nc(-c3ccc(F)cc3F)cc(C(C)(C)C)c2n1. The van der Waals surface area contributed by atoms with E-state index in [9.17, 15) is 8.78 Å². The highest BCUT2D eigenvalue weighted by molar-refractivity contribution is 5.65. The van der Waals surface area contributed by atoms with Crippen molar-refractivity contribution in [2.24, 2.45) is 0 Å². The van der Waals surface area contributed by atoms with Crippen LogP contribution in [0.5, 0.6) is 0 Å². The van der Waals surface area contributed by atoms with Crippen molar-refractivity contribution in [1.82, 2.24) is 14.6 Å². The lowest BCUT2D eigenvalue weighted by Gasteiger charge is -2.20. The molecule has 2 heterocycles. The molecule has 3 nitrogen and oxygen atoms in total. The van der Waals surface area contributed by atoms with Gasteiger partial charge in [-0.05, 0) is 30.5 Å². The largest absolute Gasteiger partial charge is 0.232 e. The van der Waals surface area contributed by atoms with Crippen molar-refractivity contribution in [3.63, 3.8) is 0 Å². The Labute approximate surface area is 127 Å². The first-order chi connectivity index (χ1) is 10.3. The summed E-state index contributed by atoms with van der Waals surface area (Å²) in [5.41, 5.74) is 3.14. The highest BCUT2D eigenvalue weighted by atomic mass is 19.1. The van der Waals surface area contributed by atoms with E-state index < -0.39 is 11.6 Å². The fourth-order valence-corrected chi connectivity index (χ4v) is 2.47. The molecule has 0 aliphatic carbocycles. The van der Waals surface area contributed by atoms with E-state index in [0.717, 1.165) is 23.0 Å². The zero-order valence-electron chi connectivity index (χ0n) is 13.0. The summed E-state index contributed by atoms with van der Waals surface area (Å²) in [6, 6.07) is 5.35. The van der Waals surface area contributed by atoms with Gasteiger partial charge >= 0.3 is 0 Å². The van der Waals surface area contributed by atoms with E-state index in [2.05, 4.69) is 30.9 Å². The molecule has 3 aromatic rings. The number of fused-ring (bicyclic) bond motifs is 1. The smallest absolute Gasteiger partial charge is 0.157 e. The van der Waals surface area contributed by atoms with Crippen molar-refractivity contribution in [3.8, 4) is 11.3 Å². The summed E-state index contributed by atoms with van der Waals surface area (Å²) in [7, 11) is 0. The minimum absolute atomic E-state index is 0.173. The zero-order valence-corrected chi connectivity index (χ0v) is 13.0. The Morgan fingerprint density at radius 3 is 2.45 bits per heavy atom. The molecule has 114 valence electrons. The Bertz CT molecular complexity index is 860. The van der Waals surface area contributed by atoms with E-state index >= 15 is 0 Å². The van der Waals surface area contributed by atoms with Crippen LogP contribution in [0.25, 0.3) is 16.9 Å². The lowest BCUT2D eigenvalue weighted by molar-refractivity contribution is 0.582. The molecule has 0 aliphatic rings. The monoisotopic (exact) mass is 301 g/mol. The summed E-state index contributed by atoms with van der Waals surface area (Å²) in [6.07, 6.45) is 1.80. The Kier molecular flexibility index (Phi) is 3.24. The van der Waals surface area contributed by atoms with Crippen LogP contribution in [-0.2, 0) is 5.41 Å². The second-order valence-electron chi connectivity index (χ2n) is 6.47. The fourth-order valence-electron chi connectivity index (χ4n) is 2.47. The van der Waals surface area contributed by atoms with Crippen LogP contribution in [-0.4, -0.2) is 14.6 Å². The van der Waals surface area contributed by atoms with Gasteiger partial charge in [-0.2, -0.15) is 5.10 Å². The second kappa shape index (κ2) is 4.87. The molecule has 0 aliphatic heterocycles. The topological polar surface area (TPSA) is 30.2 Å². The highest BCUT2D eigenvalue weighted by Gasteiger charge is 2.22. The maximum atomic E-state index is 14.1. The molecule has 3 rings (SSSR count). The third-order valence-corrected chi connectivity index (χ3v) is 3.56. The van der Waals surface area contributed by atoms with Crippen LogP contribution in [0.1, 0.15) is 32.0 Å². The minimum atomic E-state index is -0.622. The predicted octanol–water partition coefficient (Wildman–Crippen LogP) is 4.28. The van der Waals surface area contributed by atoms with Crippen LogP contribution in [0.2, 0.25) is 0 Å². The number of aromatic nitrogens is 3. The number of rotatable bonds is 1. The summed E-state index contributed by atoms with van der Waals surface area (Å²) in [5.74, 6) is -1.22. The molecule has 0 N–H and O–H groups in total. The first-order valence-corrected chi connectivity index (χ1v) is 7.08. The van der Waals surface area contributed by atoms with Crippen LogP contribution in [0.3, 0.4) is 0 Å². The van der Waals surface area contributed by atoms with Gasteiger partial charge in [-0.1, -0.05) is 20.8 Å². The fraction of sp³-hybridized carbons (Fsp3) is 0.294. The number of aryl methyl sites for hydroxylation is 1. The molecule has 0 spiro atoms. The van der Waals surface area contributed by atoms with Crippen LogP contribution in [0.15, 0.2) is 30.5 Å². The van der Waals surface area contributed by atoms with Gasteiger partial charge in [0.1, 0.15) is 11.6 Å². The summed E-state index contributed by atoms with van der Waals surface area (Å²) in [4.78, 5) is 4.50. The van der Waals surface area contributed by atoms with E-state index in [1.165, 1.54) is 12.1 Å². The number of hydrogen-bond acceptors (Lipinski definition) is 2. The maximum absolute atomic E-state index is 14.1. The van der Waals surface area contributed by atoms with Gasteiger partial charge < -0.3 is 0 Å². The third-order valence-electron chi connectivity index (χ3n) is 3.56. The number of imidazole rings is 1. The van der Waals surface area contributed by atoms with Crippen molar-refractivity contribution in [2.45, 2.75) is 33.1 Å². The van der Waals surface area contributed by atoms with Crippen molar-refractivity contribution < 1.29 is 8.78 Å². The second-order valence-corrected chi connectivity index (χ2v) is 6.47. The van der Waals surface area contributed by atoms with Gasteiger partial charge in [-0.25, -0.2) is 18.3 Å². The van der Waals surface area contributed by atoms with Crippen LogP contribution in [0, 0.1) is 18.6 Å². The molecule has 0 atom stereocenters. The molecule has 2 aromatic heterocycles. The Balaban J connectivity index is 2.31. The minimum Gasteiger partial charge on any atom is -0.232 e. The molecule has 0 bridgehead atoms. The molecule has 22 heavy (non-hydrogen) atoms. The average molecular weight is 301 g/mol. The summed E-state index contributed by atoms with van der Waals surface area (Å²) in [6.45, 7) is 8.09. The van der Waals surface area contributed by atoms with Crippen LogP contribution in [0.4, 0.5) is 8.78 Å². The Morgan fingerprint density at radius 2 is 1.82 bits per heavy atom. The van der Waals surface area contributed by atoms with Crippen LogP contribution < -0.4 is 0 Å². The van der Waals surface area contributed by atoms with Crippen molar-refractivity contribution in [3.05, 3.63) is 53.4 Å². The third kappa shape index (κ3) is 2.47. The normalized spacial score (nSPS) is 12.1. The van der Waals surface area contributed by atoms with Gasteiger partial charge in [0.05, 0.1) is 17.6 Å². The molecule has 0 radical (unpaired) electrons. The van der Waals surface area contributed by atoms with Gasteiger partial charge in [0.25, 0.3) is 0 Å². The Morgan fingerprint density at radius 1 is 1.09 bits per heavy atom. The highest BCUT2D eigenvalue weighted by Crippen LogP contribution is 2.30. The van der Waals surface area contributed by atoms with Gasteiger partial charge in [-0.3, -0.25) is 0 Å². The van der Waals surface area contributed by atoms with E-state index in [4.69, 9.17) is 0 Å². The van der Waals surface area contributed by atoms with Crippen molar-refractivity contribution >= 4 is 5.65 Å². The molecule has 5 heteroatoms. The van der Waals surface area contributed by atoms with Crippen molar-refractivity contribution in [2.75, 3.05) is 0 Å². The standard InChI is InChI=1S/C17H17F2N3/c1-10-9-22-16(20-10)13(17(2,3)4)8-15(21-22)12-6-5-11(18)7-14(12)19/h5-9H,1-4H3. The summed E-state index contributed by atoms with van der Waals surface area (Å²) >= 11 is 0. The number of hydrogen-bond donors (Lipinski definition) is 0.